The first-order chi connectivity index (χ1) is 16.1. The van der Waals surface area contributed by atoms with E-state index in [0.717, 1.165) is 18.2 Å². The second-order valence-electron chi connectivity index (χ2n) is 7.16. The lowest BCUT2D eigenvalue weighted by Gasteiger charge is -2.15. The molecule has 3 aromatic carbocycles. The van der Waals surface area contributed by atoms with Gasteiger partial charge in [-0.3, -0.25) is 9.59 Å². The summed E-state index contributed by atoms with van der Waals surface area (Å²) in [7, 11) is 1.51. The van der Waals surface area contributed by atoms with Gasteiger partial charge in [-0.05, 0) is 61.5 Å². The van der Waals surface area contributed by atoms with E-state index in [9.17, 15) is 22.8 Å². The summed E-state index contributed by atoms with van der Waals surface area (Å²) in [4.78, 5) is 25.8. The lowest BCUT2D eigenvalue weighted by Crippen LogP contribution is -2.23. The summed E-state index contributed by atoms with van der Waals surface area (Å²) in [5.41, 5.74) is -0.0882. The highest BCUT2D eigenvalue weighted by atomic mass is 35.5. The maximum atomic E-state index is 13.0. The van der Waals surface area contributed by atoms with E-state index in [0.29, 0.717) is 21.9 Å². The third-order valence-electron chi connectivity index (χ3n) is 4.66. The van der Waals surface area contributed by atoms with Crippen molar-refractivity contribution in [1.82, 2.24) is 0 Å². The van der Waals surface area contributed by atoms with Gasteiger partial charge in [-0.25, -0.2) is 0 Å². The van der Waals surface area contributed by atoms with E-state index in [-0.39, 0.29) is 16.6 Å². The number of anilines is 2. The molecule has 0 aliphatic carbocycles. The zero-order valence-corrected chi connectivity index (χ0v) is 19.6. The van der Waals surface area contributed by atoms with Gasteiger partial charge >= 0.3 is 6.18 Å². The van der Waals surface area contributed by atoms with Crippen molar-refractivity contribution in [1.29, 1.82) is 0 Å². The monoisotopic (exact) mass is 508 g/mol. The third-order valence-corrected chi connectivity index (χ3v) is 6.08. The molecule has 0 radical (unpaired) electrons. The maximum absolute atomic E-state index is 13.0. The van der Waals surface area contributed by atoms with E-state index in [1.54, 1.807) is 55.5 Å². The van der Waals surface area contributed by atoms with Crippen molar-refractivity contribution in [2.45, 2.75) is 23.2 Å². The van der Waals surface area contributed by atoms with Crippen LogP contribution in [0.3, 0.4) is 0 Å². The largest absolute Gasteiger partial charge is 0.497 e. The molecular formula is C24H20ClF3N2O3S. The molecule has 0 saturated heterocycles. The van der Waals surface area contributed by atoms with Crippen LogP contribution in [-0.2, 0) is 11.0 Å². The number of ether oxygens (including phenoxy) is 1. The average molecular weight is 509 g/mol. The second-order valence-corrected chi connectivity index (χ2v) is 8.98. The molecule has 0 heterocycles. The molecule has 2 amide bonds. The van der Waals surface area contributed by atoms with Crippen molar-refractivity contribution >= 4 is 46.6 Å². The topological polar surface area (TPSA) is 67.4 Å². The average Bonchev–Trinajstić information content (AvgIpc) is 2.80. The molecule has 3 rings (SSSR count). The molecule has 178 valence electrons. The molecule has 0 spiro atoms. The Labute approximate surface area is 203 Å². The van der Waals surface area contributed by atoms with Gasteiger partial charge in [0.1, 0.15) is 5.75 Å². The van der Waals surface area contributed by atoms with E-state index in [2.05, 4.69) is 10.6 Å². The lowest BCUT2D eigenvalue weighted by atomic mass is 10.2. The van der Waals surface area contributed by atoms with Gasteiger partial charge < -0.3 is 15.4 Å². The Morgan fingerprint density at radius 1 is 1.00 bits per heavy atom. The predicted octanol–water partition coefficient (Wildman–Crippen LogP) is 6.74. The SMILES string of the molecule is COc1cccc(C(=O)Nc2cccc(SC(C)C(=O)Nc3cc(C(F)(F)F)ccc3Cl)c2)c1. The molecule has 0 aliphatic heterocycles. The minimum atomic E-state index is -4.56. The van der Waals surface area contributed by atoms with Crippen molar-refractivity contribution in [2.24, 2.45) is 0 Å². The highest BCUT2D eigenvalue weighted by Crippen LogP contribution is 2.34. The van der Waals surface area contributed by atoms with Gasteiger partial charge in [-0.1, -0.05) is 23.7 Å². The lowest BCUT2D eigenvalue weighted by molar-refractivity contribution is -0.137. The predicted molar refractivity (Wildman–Crippen MR) is 128 cm³/mol. The number of hydrogen-bond acceptors (Lipinski definition) is 4. The highest BCUT2D eigenvalue weighted by molar-refractivity contribution is 8.00. The normalized spacial score (nSPS) is 12.1. The minimum Gasteiger partial charge on any atom is -0.497 e. The number of carbonyl (C=O) groups excluding carboxylic acids is 2. The summed E-state index contributed by atoms with van der Waals surface area (Å²) >= 11 is 7.14. The fourth-order valence-corrected chi connectivity index (χ4v) is 4.00. The van der Waals surface area contributed by atoms with Gasteiger partial charge in [0, 0.05) is 16.1 Å². The minimum absolute atomic E-state index is 0.000743. The van der Waals surface area contributed by atoms with Crippen LogP contribution in [0, 0.1) is 0 Å². The molecule has 0 aliphatic rings. The van der Waals surface area contributed by atoms with E-state index < -0.39 is 22.9 Å². The molecule has 0 fully saturated rings. The van der Waals surface area contributed by atoms with Crippen LogP contribution < -0.4 is 15.4 Å². The number of halogens is 4. The van der Waals surface area contributed by atoms with Crippen molar-refractivity contribution in [3.63, 3.8) is 0 Å². The molecule has 3 aromatic rings. The Morgan fingerprint density at radius 2 is 1.74 bits per heavy atom. The molecule has 34 heavy (non-hydrogen) atoms. The van der Waals surface area contributed by atoms with E-state index in [1.165, 1.54) is 18.9 Å². The summed E-state index contributed by atoms with van der Waals surface area (Å²) in [6.45, 7) is 1.61. The Hall–Kier alpha value is -3.17. The Kier molecular flexibility index (Phi) is 8.11. The van der Waals surface area contributed by atoms with Crippen molar-refractivity contribution < 1.29 is 27.5 Å². The fraction of sp³-hybridized carbons (Fsp3) is 0.167. The number of carbonyl (C=O) groups is 2. The molecule has 0 bridgehead atoms. The molecule has 10 heteroatoms. The van der Waals surface area contributed by atoms with Crippen LogP contribution in [0.15, 0.2) is 71.6 Å². The summed E-state index contributed by atoms with van der Waals surface area (Å²) < 4.78 is 44.0. The number of nitrogens with one attached hydrogen (secondary N) is 2. The number of rotatable bonds is 7. The van der Waals surface area contributed by atoms with E-state index in [4.69, 9.17) is 16.3 Å². The Morgan fingerprint density at radius 3 is 2.44 bits per heavy atom. The number of thioether (sulfide) groups is 1. The fourth-order valence-electron chi connectivity index (χ4n) is 2.90. The van der Waals surface area contributed by atoms with Gasteiger partial charge in [0.25, 0.3) is 5.91 Å². The van der Waals surface area contributed by atoms with Gasteiger partial charge in [0.15, 0.2) is 0 Å². The number of methoxy groups -OCH3 is 1. The summed E-state index contributed by atoms with van der Waals surface area (Å²) in [5, 5.41) is 4.58. The first kappa shape index (κ1) is 25.5. The van der Waals surface area contributed by atoms with Crippen LogP contribution in [0.25, 0.3) is 0 Å². The van der Waals surface area contributed by atoms with Crippen LogP contribution in [0.4, 0.5) is 24.5 Å². The van der Waals surface area contributed by atoms with E-state index in [1.807, 2.05) is 0 Å². The van der Waals surface area contributed by atoms with Gasteiger partial charge in [0.05, 0.1) is 28.6 Å². The summed E-state index contributed by atoms with van der Waals surface area (Å²) in [5.74, 6) is -0.291. The van der Waals surface area contributed by atoms with Gasteiger partial charge in [-0.2, -0.15) is 13.2 Å². The van der Waals surface area contributed by atoms with Crippen LogP contribution in [0.2, 0.25) is 5.02 Å². The van der Waals surface area contributed by atoms with Crippen LogP contribution in [0.1, 0.15) is 22.8 Å². The molecular weight excluding hydrogens is 489 g/mol. The second kappa shape index (κ2) is 10.8. The van der Waals surface area contributed by atoms with Crippen molar-refractivity contribution in [3.05, 3.63) is 82.9 Å². The quantitative estimate of drug-likeness (QED) is 0.347. The van der Waals surface area contributed by atoms with Gasteiger partial charge in [0.2, 0.25) is 5.91 Å². The van der Waals surface area contributed by atoms with E-state index >= 15 is 0 Å². The number of alkyl halides is 3. The zero-order chi connectivity index (χ0) is 24.9. The number of benzene rings is 3. The Bertz CT molecular complexity index is 1200. The molecule has 0 saturated carbocycles. The highest BCUT2D eigenvalue weighted by Gasteiger charge is 2.31. The van der Waals surface area contributed by atoms with Crippen molar-refractivity contribution in [3.8, 4) is 5.75 Å². The maximum Gasteiger partial charge on any atom is 0.416 e. The van der Waals surface area contributed by atoms with Crippen molar-refractivity contribution in [2.75, 3.05) is 17.7 Å². The molecule has 1 unspecified atom stereocenters. The molecule has 1 atom stereocenters. The number of hydrogen-bond donors (Lipinski definition) is 2. The first-order valence-electron chi connectivity index (χ1n) is 9.96. The summed E-state index contributed by atoms with van der Waals surface area (Å²) in [6, 6.07) is 16.3. The Balaban J connectivity index is 1.66. The standard InChI is InChI=1S/C24H20ClF3N2O3S/c1-14(22(31)30-21-12-16(24(26,27)28)9-10-20(21)25)34-19-8-4-6-17(13-19)29-23(32)15-5-3-7-18(11-15)33-2/h3-14H,1-2H3,(H,29,32)(H,30,31). The molecule has 5 nitrogen and oxygen atoms in total. The zero-order valence-electron chi connectivity index (χ0n) is 18.1. The molecule has 2 N–H and O–H groups in total. The van der Waals surface area contributed by atoms with Crippen LogP contribution in [0.5, 0.6) is 5.75 Å². The molecule has 0 aromatic heterocycles. The third kappa shape index (κ3) is 6.68. The smallest absolute Gasteiger partial charge is 0.416 e. The van der Waals surface area contributed by atoms with Crippen LogP contribution >= 0.6 is 23.4 Å². The first-order valence-corrected chi connectivity index (χ1v) is 11.2. The summed E-state index contributed by atoms with van der Waals surface area (Å²) in [6.07, 6.45) is -4.56. The van der Waals surface area contributed by atoms with Crippen LogP contribution in [-0.4, -0.2) is 24.2 Å². The number of amides is 2. The van der Waals surface area contributed by atoms with Gasteiger partial charge in [-0.15, -0.1) is 11.8 Å².